The minimum Gasteiger partial charge on any atom is -0.247 e. The van der Waals surface area contributed by atoms with E-state index in [4.69, 9.17) is 9.98 Å². The quantitative estimate of drug-likeness (QED) is 0.265. The highest BCUT2D eigenvalue weighted by atomic mass is 32.2. The van der Waals surface area contributed by atoms with Crippen molar-refractivity contribution in [2.45, 2.75) is 49.8 Å². The fourth-order valence-electron chi connectivity index (χ4n) is 4.72. The second-order valence-electron chi connectivity index (χ2n) is 12.9. The van der Waals surface area contributed by atoms with Crippen LogP contribution < -0.4 is 0 Å². The van der Waals surface area contributed by atoms with Crippen molar-refractivity contribution in [2.75, 3.05) is 23.1 Å². The first-order valence-electron chi connectivity index (χ1n) is 14.3. The first-order chi connectivity index (χ1) is 20.6. The van der Waals surface area contributed by atoms with E-state index in [0.717, 1.165) is 21.9 Å². The van der Waals surface area contributed by atoms with E-state index in [1.807, 2.05) is 38.1 Å². The zero-order valence-electron chi connectivity index (χ0n) is 25.8. The zero-order chi connectivity index (χ0) is 31.9. The minimum absolute atomic E-state index is 0.260. The topological polar surface area (TPSA) is 99.5 Å². The lowest BCUT2D eigenvalue weighted by molar-refractivity contribution is 0.544. The Hall–Kier alpha value is -2.37. The first kappa shape index (κ1) is 33.0. The Morgan fingerprint density at radius 1 is 0.568 bits per heavy atom. The third-order valence-corrected chi connectivity index (χ3v) is 22.4. The van der Waals surface area contributed by atoms with Gasteiger partial charge >= 0.3 is 0 Å². The highest BCUT2D eigenvalue weighted by molar-refractivity contribution is 8.16. The van der Waals surface area contributed by atoms with Crippen molar-refractivity contribution in [1.29, 1.82) is 0 Å². The number of aliphatic imine (C=N–C) groups is 2. The molecule has 0 radical (unpaired) electrons. The molecule has 14 heteroatoms. The summed E-state index contributed by atoms with van der Waals surface area (Å²) in [6.45, 7) is 12.6. The van der Waals surface area contributed by atoms with Crippen molar-refractivity contribution in [3.05, 3.63) is 83.9 Å². The number of hydrogen-bond donors (Lipinski definition) is 0. The van der Waals surface area contributed by atoms with Gasteiger partial charge in [0.05, 0.1) is 37.3 Å². The molecule has 2 heterocycles. The Kier molecular flexibility index (Phi) is 9.33. The number of rotatable bonds is 6. The van der Waals surface area contributed by atoms with E-state index in [0.29, 0.717) is 34.0 Å². The van der Waals surface area contributed by atoms with Gasteiger partial charge in [0.1, 0.15) is 0 Å². The van der Waals surface area contributed by atoms with Crippen molar-refractivity contribution in [2.24, 2.45) is 9.98 Å². The van der Waals surface area contributed by atoms with Gasteiger partial charge in [0.2, 0.25) is 0 Å². The Morgan fingerprint density at radius 3 is 1.20 bits per heavy atom. The predicted molar refractivity (Wildman–Crippen MR) is 191 cm³/mol. The maximum Gasteiger partial charge on any atom is 0.265 e. The number of thioether (sulfide) groups is 2. The molecule has 0 saturated carbocycles. The van der Waals surface area contributed by atoms with Crippen molar-refractivity contribution in [3.8, 4) is 0 Å². The molecule has 0 aliphatic carbocycles. The molecule has 2 aliphatic rings. The van der Waals surface area contributed by atoms with Crippen LogP contribution >= 0.6 is 23.5 Å². The molecule has 2 aliphatic heterocycles. The van der Waals surface area contributed by atoms with Gasteiger partial charge in [0.15, 0.2) is 10.3 Å². The Bertz CT molecular complexity index is 1680. The van der Waals surface area contributed by atoms with Crippen LogP contribution in [0.4, 0.5) is 11.4 Å². The Balaban J connectivity index is 1.44. The summed E-state index contributed by atoms with van der Waals surface area (Å²) in [6, 6.07) is 21.0. The van der Waals surface area contributed by atoms with E-state index in [2.05, 4.69) is 26.2 Å². The van der Waals surface area contributed by atoms with Crippen LogP contribution in [0.25, 0.3) is 0 Å². The molecular weight excluding hydrogens is 665 g/mol. The van der Waals surface area contributed by atoms with E-state index in [1.54, 1.807) is 48.5 Å². The van der Waals surface area contributed by atoms with Gasteiger partial charge in [-0.15, -0.1) is 0 Å². The lowest BCUT2D eigenvalue weighted by Crippen LogP contribution is -2.53. The largest absolute Gasteiger partial charge is 0.265 e. The summed E-state index contributed by atoms with van der Waals surface area (Å²) in [4.78, 5) is 10.1. The van der Waals surface area contributed by atoms with Gasteiger partial charge in [0.25, 0.3) is 20.0 Å². The summed E-state index contributed by atoms with van der Waals surface area (Å²) in [5.41, 5.74) is 3.21. The number of hydrogen-bond acceptors (Lipinski definition) is 8. The molecule has 0 aromatic heterocycles. The molecule has 234 valence electrons. The van der Waals surface area contributed by atoms with Crippen LogP contribution in [-0.2, 0) is 20.0 Å². The number of nitrogens with zero attached hydrogens (tertiary/aromatic N) is 4. The van der Waals surface area contributed by atoms with Crippen LogP contribution in [0.15, 0.2) is 92.6 Å². The van der Waals surface area contributed by atoms with Crippen LogP contribution in [0.5, 0.6) is 0 Å². The van der Waals surface area contributed by atoms with E-state index in [1.165, 1.54) is 32.1 Å². The Labute approximate surface area is 272 Å². The smallest absolute Gasteiger partial charge is 0.247 e. The molecule has 5 rings (SSSR count). The van der Waals surface area contributed by atoms with Gasteiger partial charge in [-0.2, -0.15) is 0 Å². The molecule has 44 heavy (non-hydrogen) atoms. The van der Waals surface area contributed by atoms with E-state index in [9.17, 15) is 16.8 Å². The standard InChI is InChI=1S/C30H38N4O4S4Si2/c1-23-7-15-27(16-8-23)41(35,36)33-19-43(3,4)21-39-29(33)31-25-11-13-26(14-12-25)32-30-34(20-44(5,6)22-40-30)42(37,38)28-17-9-24(2)10-18-28/h7-18H,19-22H2,1-6H3. The molecule has 0 unspecified atom stereocenters. The molecule has 8 nitrogen and oxygen atoms in total. The normalized spacial score (nSPS) is 20.7. The van der Waals surface area contributed by atoms with E-state index >= 15 is 0 Å². The number of amidine groups is 2. The summed E-state index contributed by atoms with van der Waals surface area (Å²) in [7, 11) is -11.1. The van der Waals surface area contributed by atoms with Gasteiger partial charge in [-0.25, -0.2) is 35.4 Å². The molecular formula is C30H38N4O4S4Si2. The maximum absolute atomic E-state index is 13.7. The number of aryl methyl sites for hydroxylation is 2. The van der Waals surface area contributed by atoms with E-state index < -0.39 is 36.2 Å². The molecule has 2 fully saturated rings. The van der Waals surface area contributed by atoms with Crippen LogP contribution in [0, 0.1) is 13.8 Å². The van der Waals surface area contributed by atoms with Crippen LogP contribution in [-0.4, -0.2) is 75.0 Å². The van der Waals surface area contributed by atoms with Crippen LogP contribution in [0.1, 0.15) is 11.1 Å². The molecule has 2 saturated heterocycles. The lowest BCUT2D eigenvalue weighted by atomic mass is 10.2. The summed E-state index contributed by atoms with van der Waals surface area (Å²) in [6.07, 6.45) is 0.923. The monoisotopic (exact) mass is 702 g/mol. The molecule has 0 amide bonds. The number of benzene rings is 3. The molecule has 0 spiro atoms. The van der Waals surface area contributed by atoms with Gasteiger partial charge in [-0.05, 0) is 73.1 Å². The fraction of sp³-hybridized carbons (Fsp3) is 0.333. The number of sulfonamides is 2. The third kappa shape index (κ3) is 7.36. The summed E-state index contributed by atoms with van der Waals surface area (Å²) in [5, 5.41) is 2.67. The highest BCUT2D eigenvalue weighted by Gasteiger charge is 2.40. The average Bonchev–Trinajstić information content (AvgIpc) is 2.96. The average molecular weight is 703 g/mol. The summed E-state index contributed by atoms with van der Waals surface area (Å²) >= 11 is 2.98. The van der Waals surface area contributed by atoms with Crippen molar-refractivity contribution < 1.29 is 16.8 Å². The third-order valence-electron chi connectivity index (χ3n) is 7.27. The fourth-order valence-corrected chi connectivity index (χ4v) is 18.8. The highest BCUT2D eigenvalue weighted by Crippen LogP contribution is 2.34. The molecule has 3 aromatic rings. The summed E-state index contributed by atoms with van der Waals surface area (Å²) < 4.78 is 57.8. The minimum atomic E-state index is -3.77. The maximum atomic E-state index is 13.7. The van der Waals surface area contributed by atoms with Gasteiger partial charge in [-0.1, -0.05) is 85.1 Å². The lowest BCUT2D eigenvalue weighted by Gasteiger charge is -2.37. The van der Waals surface area contributed by atoms with Gasteiger partial charge in [0, 0.05) is 12.3 Å². The van der Waals surface area contributed by atoms with Crippen molar-refractivity contribution in [1.82, 2.24) is 8.61 Å². The molecule has 3 aromatic carbocycles. The van der Waals surface area contributed by atoms with E-state index in [-0.39, 0.29) is 9.79 Å². The molecule has 0 N–H and O–H groups in total. The molecule has 0 atom stereocenters. The molecule has 0 bridgehead atoms. The summed E-state index contributed by atoms with van der Waals surface area (Å²) in [5.74, 6) is 0. The van der Waals surface area contributed by atoms with Crippen LogP contribution in [0.3, 0.4) is 0 Å². The van der Waals surface area contributed by atoms with Crippen molar-refractivity contribution >= 4 is 81.4 Å². The second-order valence-corrected chi connectivity index (χ2v) is 29.5. The van der Waals surface area contributed by atoms with Crippen LogP contribution in [0.2, 0.25) is 26.2 Å². The SMILES string of the molecule is Cc1ccc(S(=O)(=O)N2C[Si](C)(C)CSC2=Nc2ccc(N=C3SC[Si](C)(C)CN3S(=O)(=O)c3ccc(C)cc3)cc2)cc1. The van der Waals surface area contributed by atoms with Gasteiger partial charge in [-0.3, -0.25) is 0 Å². The van der Waals surface area contributed by atoms with Crippen molar-refractivity contribution in [3.63, 3.8) is 0 Å². The predicted octanol–water partition coefficient (Wildman–Crippen LogP) is 6.73. The van der Waals surface area contributed by atoms with Gasteiger partial charge < -0.3 is 0 Å². The zero-order valence-corrected chi connectivity index (χ0v) is 31.1. The second kappa shape index (κ2) is 12.4. The Morgan fingerprint density at radius 2 is 0.886 bits per heavy atom. The first-order valence-corrected chi connectivity index (χ1v) is 26.0.